The molecule has 1 aliphatic rings. The average Bonchev–Trinajstić information content (AvgIpc) is 3.63. The van der Waals surface area contributed by atoms with Crippen molar-refractivity contribution >= 4 is 34.9 Å². The van der Waals surface area contributed by atoms with Crippen LogP contribution in [0.5, 0.6) is 5.75 Å². The number of carbonyl (C=O) groups is 1. The third-order valence-electron chi connectivity index (χ3n) is 6.32. The number of urea groups is 1. The minimum Gasteiger partial charge on any atom is -0.406 e. The Kier molecular flexibility index (Phi) is 8.57. The van der Waals surface area contributed by atoms with E-state index in [9.17, 15) is 18.0 Å². The van der Waals surface area contributed by atoms with Gasteiger partial charge in [-0.1, -0.05) is 61.2 Å². The highest BCUT2D eigenvalue weighted by Crippen LogP contribution is 2.32. The number of nitrogens with one attached hydrogen (secondary N) is 1. The van der Waals surface area contributed by atoms with Gasteiger partial charge in [-0.3, -0.25) is 0 Å². The van der Waals surface area contributed by atoms with E-state index in [1.807, 2.05) is 6.07 Å². The van der Waals surface area contributed by atoms with Gasteiger partial charge in [0, 0.05) is 23.5 Å². The van der Waals surface area contributed by atoms with Crippen molar-refractivity contribution in [3.63, 3.8) is 0 Å². The summed E-state index contributed by atoms with van der Waals surface area (Å²) in [5.41, 5.74) is 7.89. The smallest absolute Gasteiger partial charge is 0.406 e. The zero-order chi connectivity index (χ0) is 29.7. The zero-order valence-electron chi connectivity index (χ0n) is 22.7. The van der Waals surface area contributed by atoms with Crippen molar-refractivity contribution < 1.29 is 22.7 Å². The van der Waals surface area contributed by atoms with Crippen LogP contribution in [0.1, 0.15) is 23.6 Å². The molecule has 1 fully saturated rings. The second-order valence-corrected chi connectivity index (χ2v) is 10.2. The minimum absolute atomic E-state index is 0.320. The highest BCUT2D eigenvalue weighted by molar-refractivity contribution is 8.14. The standard InChI is InChI=1S/C29H26F3N7O2S/c1-3-21-6-4-5-19(2)25(21)38-15-16-42-28(38)35-27(40)36-34-17-20-7-9-22(10-8-20)26-33-18-39(37-26)23-11-13-24(14-12-23)41-29(30,31)32/h4-14,17-18H,3,15-16H2,1-2H3,(H,36,40)/b34-17+,35-28-. The van der Waals surface area contributed by atoms with E-state index in [0.29, 0.717) is 16.7 Å². The molecule has 9 nitrogen and oxygen atoms in total. The second-order valence-electron chi connectivity index (χ2n) is 9.18. The molecule has 4 aromatic rings. The number of rotatable bonds is 7. The van der Waals surface area contributed by atoms with Crippen LogP contribution in [-0.4, -0.2) is 50.8 Å². The molecule has 2 heterocycles. The molecule has 2 amide bonds. The third-order valence-corrected chi connectivity index (χ3v) is 7.27. The van der Waals surface area contributed by atoms with Crippen LogP contribution in [0.4, 0.5) is 23.7 Å². The number of thioether (sulfide) groups is 1. The third kappa shape index (κ3) is 6.97. The Balaban J connectivity index is 1.19. The van der Waals surface area contributed by atoms with Gasteiger partial charge in [0.25, 0.3) is 0 Å². The number of hydrogen-bond acceptors (Lipinski definition) is 6. The SMILES string of the molecule is CCc1cccc(C)c1N1CCS/C1=N\C(=O)N/N=C/c1ccc(-c2ncn(-c3ccc(OC(F)(F)F)cc3)n2)cc1. The monoisotopic (exact) mass is 593 g/mol. The Labute approximate surface area is 244 Å². The van der Waals surface area contributed by atoms with Gasteiger partial charge in [0.15, 0.2) is 11.0 Å². The number of carbonyl (C=O) groups excluding carboxylic acids is 1. The van der Waals surface area contributed by atoms with Crippen LogP contribution >= 0.6 is 11.8 Å². The zero-order valence-corrected chi connectivity index (χ0v) is 23.5. The highest BCUT2D eigenvalue weighted by atomic mass is 32.2. The van der Waals surface area contributed by atoms with Gasteiger partial charge in [0.1, 0.15) is 12.1 Å². The molecule has 0 saturated carbocycles. The predicted molar refractivity (Wildman–Crippen MR) is 157 cm³/mol. The number of amidine groups is 1. The van der Waals surface area contributed by atoms with Crippen molar-refractivity contribution in [2.24, 2.45) is 10.1 Å². The molecule has 1 N–H and O–H groups in total. The van der Waals surface area contributed by atoms with E-state index >= 15 is 0 Å². The lowest BCUT2D eigenvalue weighted by molar-refractivity contribution is -0.274. The Morgan fingerprint density at radius 3 is 2.60 bits per heavy atom. The summed E-state index contributed by atoms with van der Waals surface area (Å²) in [5, 5.41) is 9.07. The molecule has 216 valence electrons. The van der Waals surface area contributed by atoms with Gasteiger partial charge in [0.05, 0.1) is 11.9 Å². The van der Waals surface area contributed by atoms with E-state index in [-0.39, 0.29) is 5.75 Å². The summed E-state index contributed by atoms with van der Waals surface area (Å²) < 4.78 is 42.5. The maximum absolute atomic E-state index is 12.5. The van der Waals surface area contributed by atoms with E-state index in [2.05, 4.69) is 61.2 Å². The molecule has 1 aliphatic heterocycles. The van der Waals surface area contributed by atoms with Crippen LogP contribution in [-0.2, 0) is 6.42 Å². The first kappa shape index (κ1) is 28.9. The van der Waals surface area contributed by atoms with E-state index in [1.165, 1.54) is 58.8 Å². The molecule has 3 aromatic carbocycles. The second kappa shape index (κ2) is 12.5. The van der Waals surface area contributed by atoms with Crippen LogP contribution in [0.3, 0.4) is 0 Å². The summed E-state index contributed by atoms with van der Waals surface area (Å²) in [4.78, 5) is 23.1. The molecule has 0 unspecified atom stereocenters. The summed E-state index contributed by atoms with van der Waals surface area (Å²) in [5.74, 6) is 0.951. The van der Waals surface area contributed by atoms with Gasteiger partial charge in [-0.05, 0) is 54.3 Å². The first-order chi connectivity index (χ1) is 20.2. The van der Waals surface area contributed by atoms with Gasteiger partial charge in [-0.2, -0.15) is 10.1 Å². The molecule has 1 aromatic heterocycles. The topological polar surface area (TPSA) is 97.0 Å². The van der Waals surface area contributed by atoms with Crippen molar-refractivity contribution in [1.29, 1.82) is 0 Å². The Morgan fingerprint density at radius 2 is 1.88 bits per heavy atom. The molecular formula is C29H26F3N7O2S. The molecule has 13 heteroatoms. The van der Waals surface area contributed by atoms with Crippen molar-refractivity contribution in [3.8, 4) is 22.8 Å². The molecule has 1 saturated heterocycles. The summed E-state index contributed by atoms with van der Waals surface area (Å²) in [6, 6.07) is 18.1. The first-order valence-corrected chi connectivity index (χ1v) is 14.0. The normalized spacial score (nSPS) is 14.6. The fourth-order valence-electron chi connectivity index (χ4n) is 4.41. The number of para-hydroxylation sites is 1. The van der Waals surface area contributed by atoms with Gasteiger partial charge in [0.2, 0.25) is 0 Å². The van der Waals surface area contributed by atoms with Crippen LogP contribution in [0.25, 0.3) is 17.1 Å². The lowest BCUT2D eigenvalue weighted by Crippen LogP contribution is -2.28. The van der Waals surface area contributed by atoms with E-state index < -0.39 is 12.4 Å². The van der Waals surface area contributed by atoms with Crippen molar-refractivity contribution in [2.45, 2.75) is 26.6 Å². The first-order valence-electron chi connectivity index (χ1n) is 13.0. The summed E-state index contributed by atoms with van der Waals surface area (Å²) in [7, 11) is 0. The fourth-order valence-corrected chi connectivity index (χ4v) is 5.35. The molecule has 5 rings (SSSR count). The van der Waals surface area contributed by atoms with Crippen molar-refractivity contribution in [2.75, 3.05) is 17.2 Å². The van der Waals surface area contributed by atoms with Crippen molar-refractivity contribution in [3.05, 3.63) is 89.7 Å². The number of hydrazone groups is 1. The molecule has 0 spiro atoms. The number of hydrogen-bond donors (Lipinski definition) is 1. The summed E-state index contributed by atoms with van der Waals surface area (Å²) in [6.45, 7) is 4.95. The Morgan fingerprint density at radius 1 is 1.12 bits per heavy atom. The lowest BCUT2D eigenvalue weighted by Gasteiger charge is -2.23. The number of aliphatic imine (C=N–C) groups is 1. The van der Waals surface area contributed by atoms with Crippen LogP contribution in [0.15, 0.2) is 83.2 Å². The number of nitrogens with zero attached hydrogens (tertiary/aromatic N) is 6. The summed E-state index contributed by atoms with van der Waals surface area (Å²) >= 11 is 1.54. The molecule has 0 aliphatic carbocycles. The van der Waals surface area contributed by atoms with Crippen LogP contribution in [0, 0.1) is 6.92 Å². The number of halogens is 3. The molecule has 42 heavy (non-hydrogen) atoms. The maximum atomic E-state index is 12.5. The lowest BCUT2D eigenvalue weighted by atomic mass is 10.0. The molecular weight excluding hydrogens is 567 g/mol. The van der Waals surface area contributed by atoms with Crippen molar-refractivity contribution in [1.82, 2.24) is 20.2 Å². The van der Waals surface area contributed by atoms with Gasteiger partial charge < -0.3 is 9.64 Å². The number of ether oxygens (including phenoxy) is 1. The van der Waals surface area contributed by atoms with Crippen LogP contribution in [0.2, 0.25) is 0 Å². The quantitative estimate of drug-likeness (QED) is 0.198. The van der Waals surface area contributed by atoms with E-state index in [1.54, 1.807) is 24.3 Å². The number of anilines is 1. The van der Waals surface area contributed by atoms with Crippen LogP contribution < -0.4 is 15.1 Å². The Bertz CT molecular complexity index is 1620. The minimum atomic E-state index is -4.75. The molecule has 0 atom stereocenters. The number of amides is 2. The average molecular weight is 594 g/mol. The maximum Gasteiger partial charge on any atom is 0.573 e. The van der Waals surface area contributed by atoms with E-state index in [0.717, 1.165) is 41.1 Å². The van der Waals surface area contributed by atoms with Gasteiger partial charge in [-0.15, -0.1) is 18.3 Å². The predicted octanol–water partition coefficient (Wildman–Crippen LogP) is 6.36. The largest absolute Gasteiger partial charge is 0.573 e. The van der Waals surface area contributed by atoms with Gasteiger partial charge in [-0.25, -0.2) is 19.9 Å². The number of aryl methyl sites for hydroxylation is 2. The molecule has 0 radical (unpaired) electrons. The van der Waals surface area contributed by atoms with Gasteiger partial charge >= 0.3 is 12.4 Å². The van der Waals surface area contributed by atoms with E-state index in [4.69, 9.17) is 0 Å². The summed E-state index contributed by atoms with van der Waals surface area (Å²) in [6.07, 6.45) is -0.894. The highest BCUT2D eigenvalue weighted by Gasteiger charge is 2.31. The number of aromatic nitrogens is 3. The number of alkyl halides is 3. The molecule has 0 bridgehead atoms. The number of benzene rings is 3. The Hall–Kier alpha value is -4.65. The fraction of sp³-hybridized carbons (Fsp3) is 0.207.